The van der Waals surface area contributed by atoms with Gasteiger partial charge >= 0.3 is 5.97 Å². The van der Waals surface area contributed by atoms with Crippen LogP contribution in [0.2, 0.25) is 0 Å². The fraction of sp³-hybridized carbons (Fsp3) is 0.583. The van der Waals surface area contributed by atoms with Crippen molar-refractivity contribution in [3.63, 3.8) is 0 Å². The van der Waals surface area contributed by atoms with Crippen molar-refractivity contribution in [2.45, 2.75) is 31.8 Å². The Kier molecular flexibility index (Phi) is 5.40. The molecule has 0 radical (unpaired) electrons. The maximum Gasteiger partial charge on any atom is 0.316 e. The number of nitrogens with zero attached hydrogens (tertiary/aromatic N) is 2. The maximum atomic E-state index is 11.7. The first-order valence-corrected chi connectivity index (χ1v) is 6.80. The van der Waals surface area contributed by atoms with Crippen molar-refractivity contribution in [2.24, 2.45) is 7.05 Å². The molecule has 0 aromatic carbocycles. The molecule has 0 unspecified atom stereocenters. The van der Waals surface area contributed by atoms with Gasteiger partial charge in [0.2, 0.25) is 0 Å². The summed E-state index contributed by atoms with van der Waals surface area (Å²) in [4.78, 5) is 27.4. The van der Waals surface area contributed by atoms with Gasteiger partial charge in [-0.25, -0.2) is 4.98 Å². The zero-order valence-electron chi connectivity index (χ0n) is 11.1. The Morgan fingerprint density at radius 1 is 1.56 bits per heavy atom. The van der Waals surface area contributed by atoms with Gasteiger partial charge in [0.15, 0.2) is 5.16 Å². The Labute approximate surface area is 111 Å². The highest BCUT2D eigenvalue weighted by Crippen LogP contribution is 2.17. The first-order chi connectivity index (χ1) is 8.45. The highest BCUT2D eigenvalue weighted by Gasteiger charge is 2.11. The SMILES string of the molecule is CCOC(=O)CSc1nc(C(C)C)cc(=O)n1C. The fourth-order valence-corrected chi connectivity index (χ4v) is 2.07. The van der Waals surface area contributed by atoms with Crippen LogP contribution in [0, 0.1) is 0 Å². The maximum absolute atomic E-state index is 11.7. The lowest BCUT2D eigenvalue weighted by Crippen LogP contribution is -2.21. The molecule has 1 aromatic heterocycles. The van der Waals surface area contributed by atoms with Crippen LogP contribution in [0.5, 0.6) is 0 Å². The molecule has 0 amide bonds. The summed E-state index contributed by atoms with van der Waals surface area (Å²) in [7, 11) is 1.65. The number of hydrogen-bond acceptors (Lipinski definition) is 5. The van der Waals surface area contributed by atoms with Crippen LogP contribution < -0.4 is 5.56 Å². The number of carbonyl (C=O) groups is 1. The molecule has 1 aromatic rings. The predicted octanol–water partition coefficient (Wildman–Crippen LogP) is 1.56. The highest BCUT2D eigenvalue weighted by molar-refractivity contribution is 7.99. The van der Waals surface area contributed by atoms with Crippen molar-refractivity contribution in [3.8, 4) is 0 Å². The molecule has 1 rings (SSSR count). The summed E-state index contributed by atoms with van der Waals surface area (Å²) in [6.45, 7) is 6.07. The van der Waals surface area contributed by atoms with Gasteiger partial charge in [-0.2, -0.15) is 0 Å². The summed E-state index contributed by atoms with van der Waals surface area (Å²) in [6, 6.07) is 1.53. The highest BCUT2D eigenvalue weighted by atomic mass is 32.2. The van der Waals surface area contributed by atoms with Crippen LogP contribution in [0.1, 0.15) is 32.4 Å². The third-order valence-corrected chi connectivity index (χ3v) is 3.33. The van der Waals surface area contributed by atoms with Gasteiger partial charge in [0, 0.05) is 13.1 Å². The second-order valence-electron chi connectivity index (χ2n) is 4.11. The zero-order chi connectivity index (χ0) is 13.7. The fourth-order valence-electron chi connectivity index (χ4n) is 1.29. The van der Waals surface area contributed by atoms with Crippen molar-refractivity contribution in [2.75, 3.05) is 12.4 Å². The molecule has 0 atom stereocenters. The topological polar surface area (TPSA) is 61.2 Å². The van der Waals surface area contributed by atoms with Gasteiger partial charge in [0.25, 0.3) is 5.56 Å². The van der Waals surface area contributed by atoms with E-state index in [9.17, 15) is 9.59 Å². The molecule has 0 spiro atoms. The van der Waals surface area contributed by atoms with E-state index in [1.807, 2.05) is 13.8 Å². The van der Waals surface area contributed by atoms with Crippen molar-refractivity contribution in [1.82, 2.24) is 9.55 Å². The lowest BCUT2D eigenvalue weighted by Gasteiger charge is -2.10. The summed E-state index contributed by atoms with van der Waals surface area (Å²) in [5.41, 5.74) is 0.629. The molecule has 0 saturated heterocycles. The van der Waals surface area contributed by atoms with Gasteiger partial charge in [-0.1, -0.05) is 25.6 Å². The van der Waals surface area contributed by atoms with E-state index in [4.69, 9.17) is 4.74 Å². The Balaban J connectivity index is 2.88. The number of rotatable bonds is 5. The minimum absolute atomic E-state index is 0.111. The molecule has 100 valence electrons. The van der Waals surface area contributed by atoms with Gasteiger partial charge in [0.1, 0.15) is 0 Å². The van der Waals surface area contributed by atoms with Crippen LogP contribution in [0.4, 0.5) is 0 Å². The van der Waals surface area contributed by atoms with Crippen molar-refractivity contribution in [3.05, 3.63) is 22.1 Å². The summed E-state index contributed by atoms with van der Waals surface area (Å²) in [5, 5.41) is 0.541. The quantitative estimate of drug-likeness (QED) is 0.461. The molecule has 0 bridgehead atoms. The second-order valence-corrected chi connectivity index (χ2v) is 5.05. The van der Waals surface area contributed by atoms with Crippen LogP contribution in [0.15, 0.2) is 16.0 Å². The lowest BCUT2D eigenvalue weighted by molar-refractivity contribution is -0.139. The van der Waals surface area contributed by atoms with Gasteiger partial charge in [-0.15, -0.1) is 0 Å². The van der Waals surface area contributed by atoms with Crippen LogP contribution in [0.3, 0.4) is 0 Å². The number of esters is 1. The monoisotopic (exact) mass is 270 g/mol. The molecule has 0 aliphatic heterocycles. The average Bonchev–Trinajstić information content (AvgIpc) is 2.31. The van der Waals surface area contributed by atoms with E-state index in [0.717, 1.165) is 5.69 Å². The van der Waals surface area contributed by atoms with E-state index in [1.165, 1.54) is 22.4 Å². The standard InChI is InChI=1S/C12H18N2O3S/c1-5-17-11(16)7-18-12-13-9(8(2)3)6-10(15)14(12)4/h6,8H,5,7H2,1-4H3. The molecule has 6 heteroatoms. The number of aromatic nitrogens is 2. The van der Waals surface area contributed by atoms with Crippen LogP contribution in [-0.2, 0) is 16.6 Å². The molecular weight excluding hydrogens is 252 g/mol. The smallest absolute Gasteiger partial charge is 0.316 e. The first-order valence-electron chi connectivity index (χ1n) is 5.82. The second kappa shape index (κ2) is 6.58. The zero-order valence-corrected chi connectivity index (χ0v) is 11.9. The molecule has 18 heavy (non-hydrogen) atoms. The molecular formula is C12H18N2O3S. The Bertz CT molecular complexity index is 483. The number of thioether (sulfide) groups is 1. The van der Waals surface area contributed by atoms with E-state index >= 15 is 0 Å². The molecule has 1 heterocycles. The van der Waals surface area contributed by atoms with Gasteiger partial charge in [0.05, 0.1) is 18.1 Å². The minimum Gasteiger partial charge on any atom is -0.465 e. The Morgan fingerprint density at radius 2 is 2.22 bits per heavy atom. The molecule has 0 aliphatic carbocycles. The van der Waals surface area contributed by atoms with Gasteiger partial charge in [-0.3, -0.25) is 14.2 Å². The van der Waals surface area contributed by atoms with Crippen LogP contribution in [0.25, 0.3) is 0 Å². The van der Waals surface area contributed by atoms with E-state index in [-0.39, 0.29) is 23.2 Å². The Morgan fingerprint density at radius 3 is 2.78 bits per heavy atom. The average molecular weight is 270 g/mol. The first kappa shape index (κ1) is 14.8. The van der Waals surface area contributed by atoms with Crippen molar-refractivity contribution in [1.29, 1.82) is 0 Å². The van der Waals surface area contributed by atoms with Crippen LogP contribution >= 0.6 is 11.8 Å². The number of carbonyl (C=O) groups excluding carboxylic acids is 1. The summed E-state index contributed by atoms with van der Waals surface area (Å²) >= 11 is 1.22. The van der Waals surface area contributed by atoms with E-state index in [2.05, 4.69) is 4.98 Å². The van der Waals surface area contributed by atoms with E-state index < -0.39 is 0 Å². The van der Waals surface area contributed by atoms with Crippen molar-refractivity contribution >= 4 is 17.7 Å². The molecule has 0 saturated carbocycles. The normalized spacial score (nSPS) is 10.7. The molecule has 0 aliphatic rings. The third-order valence-electron chi connectivity index (χ3n) is 2.33. The van der Waals surface area contributed by atoms with Crippen molar-refractivity contribution < 1.29 is 9.53 Å². The van der Waals surface area contributed by atoms with Gasteiger partial charge in [-0.05, 0) is 12.8 Å². The largest absolute Gasteiger partial charge is 0.465 e. The summed E-state index contributed by atoms with van der Waals surface area (Å²) in [5.74, 6) is 0.0444. The molecule has 5 nitrogen and oxygen atoms in total. The number of ether oxygens (including phenoxy) is 1. The minimum atomic E-state index is -0.299. The Hall–Kier alpha value is -1.30. The molecule has 0 N–H and O–H groups in total. The third kappa shape index (κ3) is 3.87. The summed E-state index contributed by atoms with van der Waals surface area (Å²) < 4.78 is 6.28. The predicted molar refractivity (Wildman–Crippen MR) is 70.9 cm³/mol. The lowest BCUT2D eigenvalue weighted by atomic mass is 10.1. The van der Waals surface area contributed by atoms with E-state index in [1.54, 1.807) is 14.0 Å². The van der Waals surface area contributed by atoms with Crippen LogP contribution in [-0.4, -0.2) is 27.9 Å². The van der Waals surface area contributed by atoms with E-state index in [0.29, 0.717) is 11.8 Å². The number of hydrogen-bond donors (Lipinski definition) is 0. The molecule has 0 fully saturated rings. The van der Waals surface area contributed by atoms with Gasteiger partial charge < -0.3 is 4.74 Å². The summed E-state index contributed by atoms with van der Waals surface area (Å²) in [6.07, 6.45) is 0.